The van der Waals surface area contributed by atoms with Crippen molar-refractivity contribution in [2.45, 2.75) is 45.7 Å². The first-order valence-corrected chi connectivity index (χ1v) is 6.44. The number of unbranched alkanes of at least 4 members (excludes halogenated alkanes) is 2. The molecular weight excluding hydrogens is 229 g/mol. The number of nitrogens with two attached hydrogens (primary N) is 1. The topological polar surface area (TPSA) is 29.3 Å². The van der Waals surface area contributed by atoms with Gasteiger partial charge in [-0.1, -0.05) is 26.7 Å². The van der Waals surface area contributed by atoms with Gasteiger partial charge in [-0.2, -0.15) is 13.2 Å². The summed E-state index contributed by atoms with van der Waals surface area (Å²) in [6.07, 6.45) is -0.285. The number of hydrogen-bond acceptors (Lipinski definition) is 2. The first kappa shape index (κ1) is 16.7. The van der Waals surface area contributed by atoms with Crippen molar-refractivity contribution in [2.75, 3.05) is 26.2 Å². The van der Waals surface area contributed by atoms with Crippen LogP contribution in [0.5, 0.6) is 0 Å². The van der Waals surface area contributed by atoms with E-state index >= 15 is 0 Å². The maximum Gasteiger partial charge on any atom is 0.394 e. The lowest BCUT2D eigenvalue weighted by Crippen LogP contribution is -2.41. The van der Waals surface area contributed by atoms with Gasteiger partial charge < -0.3 is 10.6 Å². The summed E-state index contributed by atoms with van der Waals surface area (Å²) in [6, 6.07) is 0. The third-order valence-corrected chi connectivity index (χ3v) is 2.88. The van der Waals surface area contributed by atoms with Gasteiger partial charge in [-0.15, -0.1) is 0 Å². The summed E-state index contributed by atoms with van der Waals surface area (Å²) in [4.78, 5) is 1.90. The van der Waals surface area contributed by atoms with E-state index in [1.807, 2.05) is 18.7 Å². The zero-order valence-electron chi connectivity index (χ0n) is 10.9. The van der Waals surface area contributed by atoms with E-state index in [4.69, 9.17) is 5.73 Å². The van der Waals surface area contributed by atoms with E-state index in [-0.39, 0.29) is 13.1 Å². The molecule has 0 aromatic rings. The molecule has 0 aliphatic heterocycles. The van der Waals surface area contributed by atoms with Crippen LogP contribution in [0.2, 0.25) is 0 Å². The van der Waals surface area contributed by atoms with E-state index in [1.165, 1.54) is 0 Å². The average Bonchev–Trinajstić information content (AvgIpc) is 2.26. The molecule has 0 saturated heterocycles. The van der Waals surface area contributed by atoms with E-state index in [1.54, 1.807) is 0 Å². The van der Waals surface area contributed by atoms with Crippen molar-refractivity contribution in [1.29, 1.82) is 0 Å². The van der Waals surface area contributed by atoms with Crippen LogP contribution in [-0.2, 0) is 0 Å². The maximum atomic E-state index is 12.6. The normalized spacial score (nSPS) is 14.3. The molecule has 0 heterocycles. The van der Waals surface area contributed by atoms with Crippen LogP contribution in [0.1, 0.15) is 39.5 Å². The first-order valence-electron chi connectivity index (χ1n) is 6.44. The molecule has 0 aliphatic rings. The molecule has 5 heteroatoms. The van der Waals surface area contributed by atoms with Gasteiger partial charge in [-0.3, -0.25) is 0 Å². The maximum absolute atomic E-state index is 12.6. The smallest absolute Gasteiger partial charge is 0.330 e. The van der Waals surface area contributed by atoms with E-state index in [9.17, 15) is 13.2 Å². The predicted octanol–water partition coefficient (Wildman–Crippen LogP) is 3.03. The van der Waals surface area contributed by atoms with Crippen molar-refractivity contribution >= 4 is 0 Å². The van der Waals surface area contributed by atoms with Crippen LogP contribution in [0, 0.1) is 5.92 Å². The summed E-state index contributed by atoms with van der Waals surface area (Å²) in [5, 5.41) is 0. The Morgan fingerprint density at radius 2 is 1.53 bits per heavy atom. The van der Waals surface area contributed by atoms with E-state index in [0.717, 1.165) is 38.8 Å². The number of rotatable bonds is 9. The minimum absolute atomic E-state index is 0.0417. The highest BCUT2D eigenvalue weighted by molar-refractivity contribution is 4.73. The van der Waals surface area contributed by atoms with Crippen LogP contribution in [0.3, 0.4) is 0 Å². The molecule has 0 aromatic heterocycles. The number of hydrogen-bond donors (Lipinski definition) is 1. The molecule has 17 heavy (non-hydrogen) atoms. The molecule has 2 N–H and O–H groups in total. The van der Waals surface area contributed by atoms with E-state index < -0.39 is 12.1 Å². The van der Waals surface area contributed by atoms with Crippen molar-refractivity contribution in [1.82, 2.24) is 4.90 Å². The second-order valence-electron chi connectivity index (χ2n) is 4.48. The Hall–Kier alpha value is -0.290. The molecule has 104 valence electrons. The molecule has 0 bridgehead atoms. The highest BCUT2D eigenvalue weighted by Gasteiger charge is 2.39. The molecule has 1 unspecified atom stereocenters. The summed E-state index contributed by atoms with van der Waals surface area (Å²) in [6.45, 7) is 5.29. The predicted molar refractivity (Wildman–Crippen MR) is 64.9 cm³/mol. The van der Waals surface area contributed by atoms with E-state index in [2.05, 4.69) is 0 Å². The van der Waals surface area contributed by atoms with Crippen molar-refractivity contribution in [3.8, 4) is 0 Å². The Bertz CT molecular complexity index is 175. The quantitative estimate of drug-likeness (QED) is 0.685. The number of halogens is 3. The second-order valence-corrected chi connectivity index (χ2v) is 4.48. The van der Waals surface area contributed by atoms with Crippen molar-refractivity contribution in [3.63, 3.8) is 0 Å². The van der Waals surface area contributed by atoms with Gasteiger partial charge in [0.25, 0.3) is 0 Å². The van der Waals surface area contributed by atoms with Gasteiger partial charge in [-0.25, -0.2) is 0 Å². The van der Waals surface area contributed by atoms with Crippen LogP contribution in [0.4, 0.5) is 13.2 Å². The SMILES string of the molecule is CCCCN(CCCC)CC(CN)C(F)(F)F. The van der Waals surface area contributed by atoms with Gasteiger partial charge >= 0.3 is 6.18 Å². The Labute approximate surface area is 102 Å². The fourth-order valence-corrected chi connectivity index (χ4v) is 1.68. The van der Waals surface area contributed by atoms with Crippen molar-refractivity contribution in [2.24, 2.45) is 11.7 Å². The number of nitrogens with zero attached hydrogens (tertiary/aromatic N) is 1. The van der Waals surface area contributed by atoms with E-state index in [0.29, 0.717) is 0 Å². The fourth-order valence-electron chi connectivity index (χ4n) is 1.68. The summed E-state index contributed by atoms with van der Waals surface area (Å²) in [5.41, 5.74) is 5.22. The van der Waals surface area contributed by atoms with Crippen LogP contribution in [0.25, 0.3) is 0 Å². The molecule has 0 aliphatic carbocycles. The van der Waals surface area contributed by atoms with Gasteiger partial charge in [0, 0.05) is 13.1 Å². The van der Waals surface area contributed by atoms with Crippen LogP contribution in [-0.4, -0.2) is 37.3 Å². The number of alkyl halides is 3. The highest BCUT2D eigenvalue weighted by Crippen LogP contribution is 2.26. The Balaban J connectivity index is 4.26. The zero-order valence-corrected chi connectivity index (χ0v) is 10.9. The summed E-state index contributed by atoms with van der Waals surface area (Å²) < 4.78 is 37.9. The Kier molecular flexibility index (Phi) is 8.60. The zero-order chi connectivity index (χ0) is 13.3. The minimum atomic E-state index is -4.18. The third kappa shape index (κ3) is 7.60. The molecule has 0 amide bonds. The monoisotopic (exact) mass is 254 g/mol. The first-order chi connectivity index (χ1) is 7.95. The van der Waals surface area contributed by atoms with Gasteiger partial charge in [0.15, 0.2) is 0 Å². The molecule has 0 radical (unpaired) electrons. The van der Waals surface area contributed by atoms with Gasteiger partial charge in [0.2, 0.25) is 0 Å². The van der Waals surface area contributed by atoms with Gasteiger partial charge in [0.1, 0.15) is 0 Å². The summed E-state index contributed by atoms with van der Waals surface area (Å²) in [5.74, 6) is -1.39. The largest absolute Gasteiger partial charge is 0.394 e. The fraction of sp³-hybridized carbons (Fsp3) is 1.00. The molecule has 2 nitrogen and oxygen atoms in total. The molecule has 0 saturated carbocycles. The minimum Gasteiger partial charge on any atom is -0.330 e. The molecule has 0 fully saturated rings. The third-order valence-electron chi connectivity index (χ3n) is 2.88. The van der Waals surface area contributed by atoms with Gasteiger partial charge in [0.05, 0.1) is 5.92 Å². The van der Waals surface area contributed by atoms with Crippen molar-refractivity contribution in [3.05, 3.63) is 0 Å². The average molecular weight is 254 g/mol. The summed E-state index contributed by atoms with van der Waals surface area (Å²) in [7, 11) is 0. The Morgan fingerprint density at radius 1 is 1.06 bits per heavy atom. The lowest BCUT2D eigenvalue weighted by molar-refractivity contribution is -0.176. The summed E-state index contributed by atoms with van der Waals surface area (Å²) >= 11 is 0. The molecule has 0 aromatic carbocycles. The van der Waals surface area contributed by atoms with Gasteiger partial charge in [-0.05, 0) is 25.9 Å². The van der Waals surface area contributed by atoms with Crippen LogP contribution in [0.15, 0.2) is 0 Å². The standard InChI is InChI=1S/C12H25F3N2/c1-3-5-7-17(8-6-4-2)10-11(9-16)12(13,14)15/h11H,3-10,16H2,1-2H3. The highest BCUT2D eigenvalue weighted by atomic mass is 19.4. The second kappa shape index (κ2) is 8.75. The Morgan fingerprint density at radius 3 is 1.82 bits per heavy atom. The molecular formula is C12H25F3N2. The lowest BCUT2D eigenvalue weighted by atomic mass is 10.1. The lowest BCUT2D eigenvalue weighted by Gasteiger charge is -2.28. The molecule has 0 spiro atoms. The molecule has 1 atom stereocenters. The van der Waals surface area contributed by atoms with Crippen molar-refractivity contribution < 1.29 is 13.2 Å². The van der Waals surface area contributed by atoms with Crippen LogP contribution >= 0.6 is 0 Å². The molecule has 0 rings (SSSR count). The van der Waals surface area contributed by atoms with Crippen LogP contribution < -0.4 is 5.73 Å².